The number of hydrogen-bond donors (Lipinski definition) is 1. The first-order chi connectivity index (χ1) is 8.16. The number of benzene rings is 1. The van der Waals surface area contributed by atoms with Crippen molar-refractivity contribution >= 4 is 27.9 Å². The molecular weight excluding hydrogens is 218 g/mol. The fraction of sp³-hybridized carbons (Fsp3) is 0.0769. The summed E-state index contributed by atoms with van der Waals surface area (Å²) in [5, 5.41) is 10.8. The molecule has 3 rings (SSSR count). The van der Waals surface area contributed by atoms with E-state index in [9.17, 15) is 4.79 Å². The molecule has 0 spiro atoms. The summed E-state index contributed by atoms with van der Waals surface area (Å²) in [5.74, 6) is -0.956. The summed E-state index contributed by atoms with van der Waals surface area (Å²) in [6, 6.07) is 6.76. The molecule has 0 aliphatic heterocycles. The van der Waals surface area contributed by atoms with Crippen LogP contribution in [0.15, 0.2) is 34.9 Å². The number of aromatic carboxylic acids is 1. The Labute approximate surface area is 96.5 Å². The van der Waals surface area contributed by atoms with Crippen LogP contribution >= 0.6 is 0 Å². The zero-order chi connectivity index (χ0) is 12.0. The van der Waals surface area contributed by atoms with Crippen LogP contribution in [-0.4, -0.2) is 16.1 Å². The van der Waals surface area contributed by atoms with Crippen molar-refractivity contribution in [1.82, 2.24) is 4.98 Å². The normalized spacial score (nSPS) is 11.1. The average molecular weight is 227 g/mol. The van der Waals surface area contributed by atoms with Crippen LogP contribution in [0.2, 0.25) is 0 Å². The third kappa shape index (κ3) is 1.38. The van der Waals surface area contributed by atoms with Gasteiger partial charge >= 0.3 is 5.97 Å². The van der Waals surface area contributed by atoms with Crippen molar-refractivity contribution in [3.8, 4) is 0 Å². The molecule has 17 heavy (non-hydrogen) atoms. The lowest BCUT2D eigenvalue weighted by Gasteiger charge is -1.93. The molecule has 84 valence electrons. The molecule has 0 aliphatic carbocycles. The molecule has 2 heterocycles. The van der Waals surface area contributed by atoms with E-state index >= 15 is 0 Å². The first-order valence-electron chi connectivity index (χ1n) is 5.18. The summed E-state index contributed by atoms with van der Waals surface area (Å²) in [6.07, 6.45) is 1.72. The summed E-state index contributed by atoms with van der Waals surface area (Å²) < 4.78 is 5.65. The first-order valence-corrected chi connectivity index (χ1v) is 5.18. The van der Waals surface area contributed by atoms with E-state index in [0.717, 1.165) is 16.5 Å². The van der Waals surface area contributed by atoms with Gasteiger partial charge in [-0.3, -0.25) is 4.98 Å². The molecule has 0 radical (unpaired) electrons. The van der Waals surface area contributed by atoms with E-state index in [-0.39, 0.29) is 5.56 Å². The third-order valence-electron chi connectivity index (χ3n) is 2.81. The zero-order valence-electron chi connectivity index (χ0n) is 9.10. The first kappa shape index (κ1) is 9.84. The molecule has 3 aromatic rings. The van der Waals surface area contributed by atoms with Crippen LogP contribution in [0.4, 0.5) is 0 Å². The number of hydrogen-bond acceptors (Lipinski definition) is 3. The number of nitrogens with zero attached hydrogens (tertiary/aromatic N) is 1. The Balaban J connectivity index is 2.43. The van der Waals surface area contributed by atoms with Crippen molar-refractivity contribution in [2.45, 2.75) is 6.92 Å². The SMILES string of the molecule is Cc1nccc2c1oc1cc(C(=O)O)ccc12. The molecule has 0 unspecified atom stereocenters. The number of carbonyl (C=O) groups is 1. The van der Waals surface area contributed by atoms with Crippen LogP contribution < -0.4 is 0 Å². The van der Waals surface area contributed by atoms with Crippen molar-refractivity contribution in [3.63, 3.8) is 0 Å². The van der Waals surface area contributed by atoms with Crippen molar-refractivity contribution < 1.29 is 14.3 Å². The van der Waals surface area contributed by atoms with Gasteiger partial charge in [0, 0.05) is 17.0 Å². The number of rotatable bonds is 1. The largest absolute Gasteiger partial charge is 0.478 e. The second kappa shape index (κ2) is 3.31. The molecule has 0 bridgehead atoms. The minimum absolute atomic E-state index is 0.224. The molecular formula is C13H9NO3. The van der Waals surface area contributed by atoms with Crippen LogP contribution in [0.1, 0.15) is 16.1 Å². The van der Waals surface area contributed by atoms with E-state index < -0.39 is 5.97 Å². The third-order valence-corrected chi connectivity index (χ3v) is 2.81. The number of carboxylic acids is 1. The van der Waals surface area contributed by atoms with E-state index in [2.05, 4.69) is 4.98 Å². The Morgan fingerprint density at radius 2 is 2.12 bits per heavy atom. The van der Waals surface area contributed by atoms with Gasteiger partial charge in [-0.2, -0.15) is 0 Å². The Bertz CT molecular complexity index is 743. The van der Waals surface area contributed by atoms with Gasteiger partial charge in [0.05, 0.1) is 11.3 Å². The number of aromatic nitrogens is 1. The highest BCUT2D eigenvalue weighted by Crippen LogP contribution is 2.30. The van der Waals surface area contributed by atoms with Gasteiger partial charge in [0.1, 0.15) is 5.58 Å². The number of fused-ring (bicyclic) bond motifs is 3. The quantitative estimate of drug-likeness (QED) is 0.694. The molecule has 0 amide bonds. The van der Waals surface area contributed by atoms with Gasteiger partial charge in [0.2, 0.25) is 0 Å². The summed E-state index contributed by atoms with van der Waals surface area (Å²) in [7, 11) is 0. The average Bonchev–Trinajstić information content (AvgIpc) is 2.68. The van der Waals surface area contributed by atoms with E-state index in [1.807, 2.05) is 13.0 Å². The number of pyridine rings is 1. The van der Waals surface area contributed by atoms with Crippen molar-refractivity contribution in [2.24, 2.45) is 0 Å². The number of carboxylic acid groups (broad SMARTS) is 1. The maximum absolute atomic E-state index is 10.9. The van der Waals surface area contributed by atoms with Crippen LogP contribution in [0.25, 0.3) is 21.9 Å². The van der Waals surface area contributed by atoms with Crippen LogP contribution in [-0.2, 0) is 0 Å². The van der Waals surface area contributed by atoms with Gasteiger partial charge in [0.25, 0.3) is 0 Å². The summed E-state index contributed by atoms with van der Waals surface area (Å²) >= 11 is 0. The second-order valence-electron chi connectivity index (χ2n) is 3.89. The predicted molar refractivity (Wildman–Crippen MR) is 63.2 cm³/mol. The molecule has 0 saturated carbocycles. The molecule has 4 heteroatoms. The lowest BCUT2D eigenvalue weighted by atomic mass is 10.1. The van der Waals surface area contributed by atoms with Gasteiger partial charge in [-0.15, -0.1) is 0 Å². The molecule has 1 N–H and O–H groups in total. The fourth-order valence-corrected chi connectivity index (χ4v) is 1.97. The Kier molecular flexibility index (Phi) is 1.92. The lowest BCUT2D eigenvalue weighted by molar-refractivity contribution is 0.0697. The number of furan rings is 1. The highest BCUT2D eigenvalue weighted by molar-refractivity contribution is 6.07. The maximum Gasteiger partial charge on any atom is 0.335 e. The van der Waals surface area contributed by atoms with Crippen molar-refractivity contribution in [2.75, 3.05) is 0 Å². The summed E-state index contributed by atoms with van der Waals surface area (Å²) in [6.45, 7) is 1.86. The van der Waals surface area contributed by atoms with Crippen LogP contribution in [0.5, 0.6) is 0 Å². The Morgan fingerprint density at radius 3 is 2.88 bits per heavy atom. The van der Waals surface area contributed by atoms with Gasteiger partial charge in [0.15, 0.2) is 5.58 Å². The van der Waals surface area contributed by atoms with Crippen LogP contribution in [0, 0.1) is 6.92 Å². The van der Waals surface area contributed by atoms with Crippen molar-refractivity contribution in [1.29, 1.82) is 0 Å². The maximum atomic E-state index is 10.9. The highest BCUT2D eigenvalue weighted by Gasteiger charge is 2.11. The van der Waals surface area contributed by atoms with E-state index in [1.54, 1.807) is 18.3 Å². The lowest BCUT2D eigenvalue weighted by Crippen LogP contribution is -1.94. The monoisotopic (exact) mass is 227 g/mol. The van der Waals surface area contributed by atoms with Crippen molar-refractivity contribution in [3.05, 3.63) is 41.7 Å². The Hall–Kier alpha value is -2.36. The molecule has 0 fully saturated rings. The molecule has 2 aromatic heterocycles. The second-order valence-corrected chi connectivity index (χ2v) is 3.89. The minimum atomic E-state index is -0.956. The van der Waals surface area contributed by atoms with Gasteiger partial charge in [-0.05, 0) is 31.2 Å². The zero-order valence-corrected chi connectivity index (χ0v) is 9.10. The predicted octanol–water partition coefficient (Wildman–Crippen LogP) is 2.99. The standard InChI is InChI=1S/C13H9NO3/c1-7-12-10(4-5-14-7)9-3-2-8(13(15)16)6-11(9)17-12/h2-6H,1H3,(H,15,16). The highest BCUT2D eigenvalue weighted by atomic mass is 16.4. The molecule has 0 aliphatic rings. The molecule has 4 nitrogen and oxygen atoms in total. The van der Waals surface area contributed by atoms with Crippen LogP contribution in [0.3, 0.4) is 0 Å². The van der Waals surface area contributed by atoms with Gasteiger partial charge in [-0.25, -0.2) is 4.79 Å². The molecule has 0 atom stereocenters. The van der Waals surface area contributed by atoms with E-state index in [0.29, 0.717) is 11.2 Å². The minimum Gasteiger partial charge on any atom is -0.478 e. The van der Waals surface area contributed by atoms with E-state index in [4.69, 9.17) is 9.52 Å². The fourth-order valence-electron chi connectivity index (χ4n) is 1.97. The summed E-state index contributed by atoms with van der Waals surface area (Å²) in [4.78, 5) is 15.0. The smallest absolute Gasteiger partial charge is 0.335 e. The Morgan fingerprint density at radius 1 is 1.29 bits per heavy atom. The number of aryl methyl sites for hydroxylation is 1. The van der Waals surface area contributed by atoms with E-state index in [1.165, 1.54) is 6.07 Å². The molecule has 0 saturated heterocycles. The van der Waals surface area contributed by atoms with Gasteiger partial charge in [-0.1, -0.05) is 0 Å². The van der Waals surface area contributed by atoms with Gasteiger partial charge < -0.3 is 9.52 Å². The summed E-state index contributed by atoms with van der Waals surface area (Å²) in [5.41, 5.74) is 2.32. The molecule has 1 aromatic carbocycles. The topological polar surface area (TPSA) is 63.3 Å².